The SMILES string of the molecule is CN(CCOc1cccc2ncnc(Nc3ccc4c(cnn4Cc4ccccn4)c3)c12)C(=O)CO. The molecule has 5 aromatic rings. The van der Waals surface area contributed by atoms with E-state index in [1.165, 1.54) is 11.2 Å². The van der Waals surface area contributed by atoms with Crippen LogP contribution in [0.3, 0.4) is 0 Å². The first-order valence-electron chi connectivity index (χ1n) is 11.5. The minimum Gasteiger partial charge on any atom is -0.491 e. The summed E-state index contributed by atoms with van der Waals surface area (Å²) < 4.78 is 7.90. The smallest absolute Gasteiger partial charge is 0.248 e. The van der Waals surface area contributed by atoms with Crippen LogP contribution < -0.4 is 10.1 Å². The maximum Gasteiger partial charge on any atom is 0.248 e. The molecule has 0 radical (unpaired) electrons. The minimum absolute atomic E-state index is 0.261. The third kappa shape index (κ3) is 4.93. The zero-order chi connectivity index (χ0) is 24.9. The summed E-state index contributed by atoms with van der Waals surface area (Å²) in [7, 11) is 1.62. The van der Waals surface area contributed by atoms with Gasteiger partial charge in [0.1, 0.15) is 31.1 Å². The quantitative estimate of drug-likeness (QED) is 0.329. The van der Waals surface area contributed by atoms with Gasteiger partial charge < -0.3 is 20.1 Å². The second kappa shape index (κ2) is 10.4. The van der Waals surface area contributed by atoms with Crippen LogP contribution in [0.2, 0.25) is 0 Å². The van der Waals surface area contributed by atoms with E-state index in [1.807, 2.05) is 65.5 Å². The molecule has 0 fully saturated rings. The fourth-order valence-electron chi connectivity index (χ4n) is 3.90. The third-order valence-electron chi connectivity index (χ3n) is 5.81. The lowest BCUT2D eigenvalue weighted by Crippen LogP contribution is -2.32. The number of ether oxygens (including phenoxy) is 1. The van der Waals surface area contributed by atoms with Crippen molar-refractivity contribution in [3.63, 3.8) is 0 Å². The molecule has 0 spiro atoms. The fourth-order valence-corrected chi connectivity index (χ4v) is 3.90. The van der Waals surface area contributed by atoms with Crippen LogP contribution in [0.4, 0.5) is 11.5 Å². The molecule has 0 saturated carbocycles. The summed E-state index contributed by atoms with van der Waals surface area (Å²) >= 11 is 0. The van der Waals surface area contributed by atoms with Crippen molar-refractivity contribution in [1.29, 1.82) is 0 Å². The zero-order valence-electron chi connectivity index (χ0n) is 19.7. The molecule has 0 unspecified atom stereocenters. The first kappa shape index (κ1) is 23.2. The highest BCUT2D eigenvalue weighted by molar-refractivity contribution is 5.96. The van der Waals surface area contributed by atoms with Crippen LogP contribution in [-0.2, 0) is 11.3 Å². The Morgan fingerprint density at radius 3 is 2.86 bits per heavy atom. The van der Waals surface area contributed by atoms with Gasteiger partial charge in [-0.1, -0.05) is 12.1 Å². The number of carbonyl (C=O) groups excluding carboxylic acids is 1. The van der Waals surface area contributed by atoms with Crippen molar-refractivity contribution in [3.05, 3.63) is 79.0 Å². The van der Waals surface area contributed by atoms with Gasteiger partial charge in [-0.3, -0.25) is 14.5 Å². The molecular formula is C26H25N7O3. The van der Waals surface area contributed by atoms with Gasteiger partial charge in [0.25, 0.3) is 0 Å². The molecular weight excluding hydrogens is 458 g/mol. The molecule has 182 valence electrons. The Morgan fingerprint density at radius 1 is 1.11 bits per heavy atom. The molecule has 2 aromatic carbocycles. The second-order valence-electron chi connectivity index (χ2n) is 8.22. The van der Waals surface area contributed by atoms with Gasteiger partial charge in [0.2, 0.25) is 5.91 Å². The van der Waals surface area contributed by atoms with Crippen LogP contribution >= 0.6 is 0 Å². The van der Waals surface area contributed by atoms with Crippen molar-refractivity contribution >= 4 is 39.2 Å². The largest absolute Gasteiger partial charge is 0.491 e. The number of likely N-dealkylation sites (N-methyl/N-ethyl adjacent to an activating group) is 1. The predicted molar refractivity (Wildman–Crippen MR) is 136 cm³/mol. The highest BCUT2D eigenvalue weighted by Crippen LogP contribution is 2.32. The summed E-state index contributed by atoms with van der Waals surface area (Å²) in [6, 6.07) is 17.4. The number of nitrogens with zero attached hydrogens (tertiary/aromatic N) is 6. The number of rotatable bonds is 9. The topological polar surface area (TPSA) is 118 Å². The van der Waals surface area contributed by atoms with Crippen LogP contribution in [0, 0.1) is 0 Å². The molecule has 3 aromatic heterocycles. The third-order valence-corrected chi connectivity index (χ3v) is 5.81. The summed E-state index contributed by atoms with van der Waals surface area (Å²) in [6.45, 7) is 0.662. The van der Waals surface area contributed by atoms with Crippen molar-refractivity contribution in [3.8, 4) is 5.75 Å². The molecule has 10 heteroatoms. The standard InChI is InChI=1S/C26H25N7O3/c1-32(24(35)16-34)11-12-36-23-7-4-6-21-25(23)26(29-17-28-21)31-19-8-9-22-18(13-19)14-30-33(22)15-20-5-2-3-10-27-20/h2-10,13-14,17,34H,11-12,15-16H2,1H3,(H,28,29,31). The van der Waals surface area contributed by atoms with E-state index in [4.69, 9.17) is 9.84 Å². The number of hydrogen-bond acceptors (Lipinski definition) is 8. The van der Waals surface area contributed by atoms with Gasteiger partial charge >= 0.3 is 0 Å². The Hall–Kier alpha value is -4.57. The molecule has 0 aliphatic rings. The van der Waals surface area contributed by atoms with Crippen molar-refractivity contribution in [2.45, 2.75) is 6.54 Å². The van der Waals surface area contributed by atoms with E-state index in [0.29, 0.717) is 24.7 Å². The summed E-state index contributed by atoms with van der Waals surface area (Å²) in [5.41, 5.74) is 3.53. The molecule has 0 bridgehead atoms. The lowest BCUT2D eigenvalue weighted by atomic mass is 10.2. The number of anilines is 2. The van der Waals surface area contributed by atoms with Gasteiger partial charge in [-0.2, -0.15) is 5.10 Å². The van der Waals surface area contributed by atoms with Gasteiger partial charge in [0, 0.05) is 24.3 Å². The summed E-state index contributed by atoms with van der Waals surface area (Å²) in [6.07, 6.45) is 5.12. The summed E-state index contributed by atoms with van der Waals surface area (Å²) in [5.74, 6) is 0.848. The van der Waals surface area contributed by atoms with Crippen molar-refractivity contribution in [2.24, 2.45) is 0 Å². The molecule has 5 rings (SSSR count). The number of aliphatic hydroxyl groups is 1. The van der Waals surface area contributed by atoms with Crippen LogP contribution in [0.25, 0.3) is 21.8 Å². The lowest BCUT2D eigenvalue weighted by molar-refractivity contribution is -0.133. The molecule has 1 amide bonds. The Balaban J connectivity index is 1.38. The van der Waals surface area contributed by atoms with E-state index in [-0.39, 0.29) is 12.5 Å². The lowest BCUT2D eigenvalue weighted by Gasteiger charge is -2.17. The second-order valence-corrected chi connectivity index (χ2v) is 8.22. The Bertz CT molecular complexity index is 1500. The van der Waals surface area contributed by atoms with Crippen molar-refractivity contribution in [1.82, 2.24) is 29.6 Å². The van der Waals surface area contributed by atoms with Gasteiger partial charge in [0.05, 0.1) is 41.4 Å². The van der Waals surface area contributed by atoms with Gasteiger partial charge in [-0.15, -0.1) is 0 Å². The minimum atomic E-state index is -0.529. The van der Waals surface area contributed by atoms with E-state index in [0.717, 1.165) is 33.2 Å². The van der Waals surface area contributed by atoms with E-state index in [2.05, 4.69) is 25.4 Å². The number of carbonyl (C=O) groups is 1. The van der Waals surface area contributed by atoms with E-state index in [9.17, 15) is 4.79 Å². The number of aliphatic hydroxyl groups excluding tert-OH is 1. The summed E-state index contributed by atoms with van der Waals surface area (Å²) in [4.78, 5) is 26.2. The average molecular weight is 484 g/mol. The Kier molecular flexibility index (Phi) is 6.67. The number of nitrogens with one attached hydrogen (secondary N) is 1. The van der Waals surface area contributed by atoms with Crippen LogP contribution in [0.5, 0.6) is 5.75 Å². The number of amides is 1. The van der Waals surface area contributed by atoms with Gasteiger partial charge in [-0.25, -0.2) is 9.97 Å². The Labute approximate surface area is 207 Å². The fraction of sp³-hybridized carbons (Fsp3) is 0.192. The van der Waals surface area contributed by atoms with E-state index < -0.39 is 6.61 Å². The van der Waals surface area contributed by atoms with Crippen molar-refractivity contribution in [2.75, 3.05) is 32.1 Å². The van der Waals surface area contributed by atoms with Crippen LogP contribution in [-0.4, -0.2) is 67.5 Å². The van der Waals surface area contributed by atoms with E-state index in [1.54, 1.807) is 13.2 Å². The van der Waals surface area contributed by atoms with E-state index >= 15 is 0 Å². The number of pyridine rings is 1. The van der Waals surface area contributed by atoms with Crippen LogP contribution in [0.15, 0.2) is 73.3 Å². The molecule has 0 aliphatic heterocycles. The van der Waals surface area contributed by atoms with Crippen LogP contribution in [0.1, 0.15) is 5.69 Å². The maximum atomic E-state index is 11.6. The molecule has 10 nitrogen and oxygen atoms in total. The average Bonchev–Trinajstić information content (AvgIpc) is 3.30. The zero-order valence-corrected chi connectivity index (χ0v) is 19.7. The molecule has 0 saturated heterocycles. The molecule has 36 heavy (non-hydrogen) atoms. The van der Waals surface area contributed by atoms with Crippen molar-refractivity contribution < 1.29 is 14.6 Å². The van der Waals surface area contributed by atoms with Gasteiger partial charge in [0.15, 0.2) is 0 Å². The highest BCUT2D eigenvalue weighted by atomic mass is 16.5. The first-order chi connectivity index (χ1) is 17.6. The number of aromatic nitrogens is 5. The molecule has 3 heterocycles. The number of fused-ring (bicyclic) bond motifs is 2. The number of benzene rings is 2. The number of hydrogen-bond donors (Lipinski definition) is 2. The molecule has 0 aliphatic carbocycles. The Morgan fingerprint density at radius 2 is 2.03 bits per heavy atom. The maximum absolute atomic E-state index is 11.6. The molecule has 0 atom stereocenters. The monoisotopic (exact) mass is 483 g/mol. The molecule has 2 N–H and O–H groups in total. The predicted octanol–water partition coefficient (Wildman–Crippen LogP) is 3.00. The summed E-state index contributed by atoms with van der Waals surface area (Å²) in [5, 5.41) is 18.7. The van der Waals surface area contributed by atoms with Gasteiger partial charge in [-0.05, 0) is 42.5 Å². The normalized spacial score (nSPS) is 11.1. The highest BCUT2D eigenvalue weighted by Gasteiger charge is 2.13. The first-order valence-corrected chi connectivity index (χ1v) is 11.5.